The number of nitrogens with one attached hydrogen (secondary N) is 1. The fraction of sp³-hybridized carbons (Fsp3) is 0.583. The van der Waals surface area contributed by atoms with Crippen molar-refractivity contribution >= 4 is 23.2 Å². The van der Waals surface area contributed by atoms with E-state index >= 15 is 0 Å². The van der Waals surface area contributed by atoms with E-state index in [0.717, 1.165) is 5.56 Å². The van der Waals surface area contributed by atoms with Crippen LogP contribution in [0.5, 0.6) is 0 Å². The van der Waals surface area contributed by atoms with E-state index < -0.39 is 12.3 Å². The third-order valence-electron chi connectivity index (χ3n) is 2.24. The molecule has 2 N–H and O–H groups in total. The molecule has 0 amide bonds. The van der Waals surface area contributed by atoms with Crippen LogP contribution in [0.4, 0.5) is 0 Å². The van der Waals surface area contributed by atoms with Gasteiger partial charge in [0, 0.05) is 12.1 Å². The van der Waals surface area contributed by atoms with Gasteiger partial charge in [0.25, 0.3) is 0 Å². The van der Waals surface area contributed by atoms with Crippen molar-refractivity contribution in [2.75, 3.05) is 0 Å². The van der Waals surface area contributed by atoms with E-state index in [-0.39, 0.29) is 6.10 Å². The number of nitrogens with zero attached hydrogens (tertiary/aromatic N) is 1. The molecular weight excluding hydrogens is 275 g/mol. The third-order valence-corrected chi connectivity index (χ3v) is 2.78. The van der Waals surface area contributed by atoms with E-state index in [1.54, 1.807) is 19.1 Å². The Hall–Kier alpha value is -0.390. The topological polar surface area (TPSA) is 54.4 Å². The Morgan fingerprint density at radius 3 is 2.50 bits per heavy atom. The van der Waals surface area contributed by atoms with Gasteiger partial charge in [-0.2, -0.15) is 0 Å². The molecular formula is C12H18Cl2N2O2. The highest BCUT2D eigenvalue weighted by molar-refractivity contribution is 6.32. The first kappa shape index (κ1) is 15.7. The van der Waals surface area contributed by atoms with Gasteiger partial charge in [0.05, 0.1) is 12.2 Å². The van der Waals surface area contributed by atoms with E-state index in [2.05, 4.69) is 10.3 Å². The molecule has 2 unspecified atom stereocenters. The van der Waals surface area contributed by atoms with Gasteiger partial charge in [-0.25, -0.2) is 4.98 Å². The van der Waals surface area contributed by atoms with Crippen LogP contribution in [0.15, 0.2) is 12.1 Å². The smallest absolute Gasteiger partial charge is 0.135 e. The molecule has 1 rings (SSSR count). The molecule has 0 aliphatic carbocycles. The van der Waals surface area contributed by atoms with Gasteiger partial charge in [-0.15, -0.1) is 0 Å². The molecule has 0 bridgehead atoms. The Labute approximate surface area is 117 Å². The summed E-state index contributed by atoms with van der Waals surface area (Å²) in [6, 6.07) is 3.46. The number of ether oxygens (including phenoxy) is 1. The number of aromatic nitrogens is 1. The highest BCUT2D eigenvalue weighted by Crippen LogP contribution is 2.16. The summed E-state index contributed by atoms with van der Waals surface area (Å²) in [6.07, 6.45) is -1.04. The second-order valence-corrected chi connectivity index (χ2v) is 5.06. The fourth-order valence-electron chi connectivity index (χ4n) is 1.41. The van der Waals surface area contributed by atoms with Gasteiger partial charge in [0.2, 0.25) is 0 Å². The minimum atomic E-state index is -0.619. The van der Waals surface area contributed by atoms with Crippen LogP contribution < -0.4 is 5.32 Å². The van der Waals surface area contributed by atoms with Crippen molar-refractivity contribution in [2.45, 2.75) is 45.8 Å². The largest absolute Gasteiger partial charge is 0.389 e. The molecule has 0 aliphatic heterocycles. The zero-order valence-electron chi connectivity index (χ0n) is 10.7. The Morgan fingerprint density at radius 1 is 1.33 bits per heavy atom. The lowest BCUT2D eigenvalue weighted by Crippen LogP contribution is -2.41. The van der Waals surface area contributed by atoms with Gasteiger partial charge in [-0.1, -0.05) is 29.3 Å². The number of pyridine rings is 1. The number of rotatable bonds is 6. The summed E-state index contributed by atoms with van der Waals surface area (Å²) < 4.78 is 5.55. The van der Waals surface area contributed by atoms with Crippen LogP contribution in [0.2, 0.25) is 10.3 Å². The molecule has 6 heteroatoms. The average molecular weight is 293 g/mol. The standard InChI is InChI=1S/C12H18Cl2N2O2/c1-7(2)18-12(8(3)17)15-6-9-4-5-10(13)16-11(9)14/h4-5,7-8,12,15,17H,6H2,1-3H3. The second-order valence-electron chi connectivity index (χ2n) is 4.31. The summed E-state index contributed by atoms with van der Waals surface area (Å²) in [5.41, 5.74) is 0.805. The van der Waals surface area contributed by atoms with Crippen LogP contribution in [-0.4, -0.2) is 28.5 Å². The van der Waals surface area contributed by atoms with Crippen LogP contribution >= 0.6 is 23.2 Å². The highest BCUT2D eigenvalue weighted by atomic mass is 35.5. The molecule has 0 aliphatic rings. The van der Waals surface area contributed by atoms with Crippen LogP contribution in [0.3, 0.4) is 0 Å². The monoisotopic (exact) mass is 292 g/mol. The lowest BCUT2D eigenvalue weighted by atomic mass is 10.2. The molecule has 0 saturated heterocycles. The van der Waals surface area contributed by atoms with Crippen LogP contribution in [0.1, 0.15) is 26.3 Å². The fourth-order valence-corrected chi connectivity index (χ4v) is 1.82. The quantitative estimate of drug-likeness (QED) is 0.625. The first-order valence-corrected chi connectivity index (χ1v) is 6.53. The lowest BCUT2D eigenvalue weighted by molar-refractivity contribution is -0.0764. The van der Waals surface area contributed by atoms with Crippen LogP contribution in [0.25, 0.3) is 0 Å². The number of aliphatic hydroxyl groups excluding tert-OH is 1. The Morgan fingerprint density at radius 2 is 2.00 bits per heavy atom. The molecule has 2 atom stereocenters. The second kappa shape index (κ2) is 7.26. The molecule has 0 radical (unpaired) electrons. The van der Waals surface area contributed by atoms with Gasteiger partial charge in [-0.3, -0.25) is 5.32 Å². The maximum Gasteiger partial charge on any atom is 0.135 e. The summed E-state index contributed by atoms with van der Waals surface area (Å²) in [4.78, 5) is 3.94. The van der Waals surface area contributed by atoms with Crippen molar-refractivity contribution in [1.82, 2.24) is 10.3 Å². The van der Waals surface area contributed by atoms with E-state index in [9.17, 15) is 5.11 Å². The lowest BCUT2D eigenvalue weighted by Gasteiger charge is -2.24. The maximum absolute atomic E-state index is 9.60. The minimum absolute atomic E-state index is 0.0240. The summed E-state index contributed by atoms with van der Waals surface area (Å²) in [7, 11) is 0. The zero-order valence-corrected chi connectivity index (χ0v) is 12.2. The zero-order chi connectivity index (χ0) is 13.7. The molecule has 1 heterocycles. The summed E-state index contributed by atoms with van der Waals surface area (Å²) in [5.74, 6) is 0. The van der Waals surface area contributed by atoms with Gasteiger partial charge < -0.3 is 9.84 Å². The van der Waals surface area contributed by atoms with Crippen molar-refractivity contribution in [1.29, 1.82) is 0 Å². The minimum Gasteiger partial charge on any atom is -0.389 e. The molecule has 0 fully saturated rings. The van der Waals surface area contributed by atoms with Crippen molar-refractivity contribution < 1.29 is 9.84 Å². The van der Waals surface area contributed by atoms with E-state index in [1.807, 2.05) is 13.8 Å². The summed E-state index contributed by atoms with van der Waals surface area (Å²) in [6.45, 7) is 5.94. The van der Waals surface area contributed by atoms with Gasteiger partial charge >= 0.3 is 0 Å². The number of halogens is 2. The number of aliphatic hydroxyl groups is 1. The molecule has 102 valence electrons. The third kappa shape index (κ3) is 5.08. The van der Waals surface area contributed by atoms with Crippen molar-refractivity contribution in [3.63, 3.8) is 0 Å². The van der Waals surface area contributed by atoms with Gasteiger partial charge in [0.15, 0.2) is 0 Å². The van der Waals surface area contributed by atoms with Gasteiger partial charge in [-0.05, 0) is 26.8 Å². The molecule has 1 aromatic heterocycles. The summed E-state index contributed by atoms with van der Waals surface area (Å²) in [5, 5.41) is 13.4. The number of hydrogen-bond donors (Lipinski definition) is 2. The molecule has 1 aromatic rings. The van der Waals surface area contributed by atoms with E-state index in [1.165, 1.54) is 0 Å². The van der Waals surface area contributed by atoms with E-state index in [4.69, 9.17) is 27.9 Å². The maximum atomic E-state index is 9.60. The molecule has 4 nitrogen and oxygen atoms in total. The summed E-state index contributed by atoms with van der Waals surface area (Å²) >= 11 is 11.7. The van der Waals surface area contributed by atoms with Crippen LogP contribution in [0, 0.1) is 0 Å². The molecule has 18 heavy (non-hydrogen) atoms. The van der Waals surface area contributed by atoms with Crippen molar-refractivity contribution in [3.8, 4) is 0 Å². The first-order chi connectivity index (χ1) is 8.40. The Kier molecular flexibility index (Phi) is 6.32. The Balaban J connectivity index is 2.61. The van der Waals surface area contributed by atoms with Crippen molar-refractivity contribution in [3.05, 3.63) is 28.0 Å². The molecule has 0 spiro atoms. The molecule has 0 aromatic carbocycles. The van der Waals surface area contributed by atoms with Crippen molar-refractivity contribution in [2.24, 2.45) is 0 Å². The Bertz CT molecular complexity index is 386. The predicted octanol–water partition coefficient (Wildman–Crippen LogP) is 2.61. The van der Waals surface area contributed by atoms with Gasteiger partial charge in [0.1, 0.15) is 16.5 Å². The average Bonchev–Trinajstić information content (AvgIpc) is 2.25. The number of hydrogen-bond acceptors (Lipinski definition) is 4. The van der Waals surface area contributed by atoms with E-state index in [0.29, 0.717) is 16.9 Å². The first-order valence-electron chi connectivity index (χ1n) is 5.78. The predicted molar refractivity (Wildman–Crippen MR) is 72.8 cm³/mol. The SMILES string of the molecule is CC(C)OC(NCc1ccc(Cl)nc1Cl)C(C)O. The normalized spacial score (nSPS) is 14.8. The van der Waals surface area contributed by atoms with Crippen LogP contribution in [-0.2, 0) is 11.3 Å². The molecule has 0 saturated carbocycles. The highest BCUT2D eigenvalue weighted by Gasteiger charge is 2.17.